The molecule has 26 heavy (non-hydrogen) atoms. The largest absolute Gasteiger partial charge is 0.467 e. The first-order valence-electron chi connectivity index (χ1n) is 8.47. The number of carbonyl (C=O) groups is 1. The minimum Gasteiger partial charge on any atom is -0.467 e. The van der Waals surface area contributed by atoms with Crippen LogP contribution in [0.4, 0.5) is 0 Å². The molecule has 0 atom stereocenters. The lowest BCUT2D eigenvalue weighted by atomic mass is 10.2. The summed E-state index contributed by atoms with van der Waals surface area (Å²) in [5.41, 5.74) is 2.12. The number of rotatable bonds is 8. The fourth-order valence-electron chi connectivity index (χ4n) is 2.72. The Morgan fingerprint density at radius 3 is 2.50 bits per heavy atom. The van der Waals surface area contributed by atoms with E-state index in [-0.39, 0.29) is 5.91 Å². The molecule has 0 saturated carbocycles. The molecule has 0 aliphatic carbocycles. The second kappa shape index (κ2) is 8.92. The van der Waals surface area contributed by atoms with Gasteiger partial charge in [0.15, 0.2) is 0 Å². The molecule has 6 heteroatoms. The van der Waals surface area contributed by atoms with Crippen molar-refractivity contribution < 1.29 is 9.21 Å². The van der Waals surface area contributed by atoms with Gasteiger partial charge in [-0.25, -0.2) is 0 Å². The Morgan fingerprint density at radius 1 is 0.962 bits per heavy atom. The van der Waals surface area contributed by atoms with E-state index in [0.29, 0.717) is 26.2 Å². The van der Waals surface area contributed by atoms with Gasteiger partial charge in [0.2, 0.25) is 5.91 Å². The van der Waals surface area contributed by atoms with Crippen LogP contribution < -0.4 is 0 Å². The molecule has 0 saturated heterocycles. The lowest BCUT2D eigenvalue weighted by molar-refractivity contribution is -0.133. The summed E-state index contributed by atoms with van der Waals surface area (Å²) in [6.45, 7) is 1.95. The smallest absolute Gasteiger partial charge is 0.237 e. The summed E-state index contributed by atoms with van der Waals surface area (Å²) >= 11 is 0. The second-order valence-corrected chi connectivity index (χ2v) is 6.22. The normalized spacial score (nSPS) is 10.8. The Balaban J connectivity index is 1.65. The van der Waals surface area contributed by atoms with E-state index in [9.17, 15) is 4.79 Å². The number of furan rings is 1. The lowest BCUT2D eigenvalue weighted by Gasteiger charge is -2.25. The van der Waals surface area contributed by atoms with Crippen LogP contribution in [0.15, 0.2) is 71.9 Å². The van der Waals surface area contributed by atoms with Gasteiger partial charge in [-0.1, -0.05) is 6.07 Å². The third-order valence-corrected chi connectivity index (χ3v) is 3.98. The molecule has 3 heterocycles. The van der Waals surface area contributed by atoms with Crippen LogP contribution in [0.2, 0.25) is 0 Å². The molecule has 0 bridgehead atoms. The van der Waals surface area contributed by atoms with Crippen LogP contribution in [0.25, 0.3) is 0 Å². The van der Waals surface area contributed by atoms with Gasteiger partial charge >= 0.3 is 0 Å². The lowest BCUT2D eigenvalue weighted by Crippen LogP contribution is -2.38. The van der Waals surface area contributed by atoms with E-state index in [1.165, 1.54) is 0 Å². The van der Waals surface area contributed by atoms with E-state index in [4.69, 9.17) is 4.42 Å². The molecule has 134 valence electrons. The Labute approximate surface area is 153 Å². The monoisotopic (exact) mass is 350 g/mol. The number of hydrogen-bond acceptors (Lipinski definition) is 5. The second-order valence-electron chi connectivity index (χ2n) is 6.22. The van der Waals surface area contributed by atoms with Crippen LogP contribution in [0.3, 0.4) is 0 Å². The first-order chi connectivity index (χ1) is 12.7. The van der Waals surface area contributed by atoms with Crippen molar-refractivity contribution in [3.63, 3.8) is 0 Å². The van der Waals surface area contributed by atoms with Crippen LogP contribution in [-0.2, 0) is 24.4 Å². The number of amides is 1. The number of hydrogen-bond donors (Lipinski definition) is 0. The maximum Gasteiger partial charge on any atom is 0.237 e. The molecule has 0 N–H and O–H groups in total. The minimum absolute atomic E-state index is 0.0459. The molecule has 3 aromatic rings. The molecule has 3 rings (SSSR count). The summed E-state index contributed by atoms with van der Waals surface area (Å²) in [5, 5.41) is 0. The van der Waals surface area contributed by atoms with E-state index in [2.05, 4.69) is 9.97 Å². The zero-order chi connectivity index (χ0) is 18.2. The van der Waals surface area contributed by atoms with Crippen molar-refractivity contribution >= 4 is 5.91 Å². The highest BCUT2D eigenvalue weighted by Crippen LogP contribution is 2.11. The van der Waals surface area contributed by atoms with Gasteiger partial charge in [0, 0.05) is 37.9 Å². The molecule has 0 unspecified atom stereocenters. The van der Waals surface area contributed by atoms with Crippen LogP contribution in [0.5, 0.6) is 0 Å². The maximum absolute atomic E-state index is 12.9. The van der Waals surface area contributed by atoms with E-state index in [0.717, 1.165) is 16.9 Å². The minimum atomic E-state index is 0.0459. The Bertz CT molecular complexity index is 791. The maximum atomic E-state index is 12.9. The third kappa shape index (κ3) is 5.26. The summed E-state index contributed by atoms with van der Waals surface area (Å²) in [6.07, 6.45) is 8.66. The van der Waals surface area contributed by atoms with Gasteiger partial charge in [-0.05, 0) is 48.5 Å². The molecule has 0 aromatic carbocycles. The summed E-state index contributed by atoms with van der Waals surface area (Å²) < 4.78 is 5.42. The molecule has 1 amide bonds. The number of likely N-dealkylation sites (N-methyl/N-ethyl adjacent to an activating group) is 1. The van der Waals surface area contributed by atoms with Gasteiger partial charge in [0.25, 0.3) is 0 Å². The molecule has 3 aromatic heterocycles. The van der Waals surface area contributed by atoms with Crippen molar-refractivity contribution in [1.29, 1.82) is 0 Å². The van der Waals surface area contributed by atoms with Crippen molar-refractivity contribution in [2.45, 2.75) is 19.6 Å². The van der Waals surface area contributed by atoms with Crippen molar-refractivity contribution in [1.82, 2.24) is 19.8 Å². The molecule has 6 nitrogen and oxygen atoms in total. The molecule has 0 spiro atoms. The van der Waals surface area contributed by atoms with Gasteiger partial charge < -0.3 is 9.32 Å². The average molecular weight is 350 g/mol. The van der Waals surface area contributed by atoms with Crippen molar-refractivity contribution in [2.24, 2.45) is 0 Å². The van der Waals surface area contributed by atoms with Gasteiger partial charge in [0.05, 0.1) is 19.4 Å². The first-order valence-corrected chi connectivity index (χ1v) is 8.47. The predicted octanol–water partition coefficient (Wildman–Crippen LogP) is 2.73. The van der Waals surface area contributed by atoms with Gasteiger partial charge in [-0.2, -0.15) is 0 Å². The summed E-state index contributed by atoms with van der Waals surface area (Å²) in [7, 11) is 1.93. The van der Waals surface area contributed by atoms with Gasteiger partial charge in [-0.3, -0.25) is 19.7 Å². The Kier molecular flexibility index (Phi) is 6.11. The number of pyridine rings is 2. The van der Waals surface area contributed by atoms with E-state index in [1.54, 1.807) is 29.8 Å². The molecule has 0 aliphatic heterocycles. The van der Waals surface area contributed by atoms with E-state index >= 15 is 0 Å². The molecule has 0 aliphatic rings. The highest BCUT2D eigenvalue weighted by molar-refractivity contribution is 5.78. The fraction of sp³-hybridized carbons (Fsp3) is 0.250. The average Bonchev–Trinajstić information content (AvgIpc) is 3.16. The number of aromatic nitrogens is 2. The summed E-state index contributed by atoms with van der Waals surface area (Å²) in [6, 6.07) is 11.5. The van der Waals surface area contributed by atoms with Crippen LogP contribution in [0.1, 0.15) is 16.9 Å². The molecule has 0 fully saturated rings. The highest BCUT2D eigenvalue weighted by atomic mass is 16.3. The molecule has 0 radical (unpaired) electrons. The standard InChI is InChI=1S/C20H22N4O2/c1-23(13-18-4-2-8-22-12-18)16-20(25)24(15-19-5-3-11-26-19)14-17-6-9-21-10-7-17/h2-12H,13-16H2,1H3. The fourth-order valence-corrected chi connectivity index (χ4v) is 2.72. The van der Waals surface area contributed by atoms with Gasteiger partial charge in [-0.15, -0.1) is 0 Å². The van der Waals surface area contributed by atoms with Crippen molar-refractivity contribution in [3.8, 4) is 0 Å². The predicted molar refractivity (Wildman–Crippen MR) is 97.8 cm³/mol. The van der Waals surface area contributed by atoms with Gasteiger partial charge in [0.1, 0.15) is 5.76 Å². The highest BCUT2D eigenvalue weighted by Gasteiger charge is 2.18. The Hall–Kier alpha value is -2.99. The molecular weight excluding hydrogens is 328 g/mol. The van der Waals surface area contributed by atoms with E-state index in [1.807, 2.05) is 54.5 Å². The molecular formula is C20H22N4O2. The number of nitrogens with zero attached hydrogens (tertiary/aromatic N) is 4. The van der Waals surface area contributed by atoms with Crippen molar-refractivity contribution in [3.05, 3.63) is 84.3 Å². The first kappa shape index (κ1) is 17.8. The zero-order valence-electron chi connectivity index (χ0n) is 14.8. The van der Waals surface area contributed by atoms with E-state index < -0.39 is 0 Å². The van der Waals surface area contributed by atoms with Crippen LogP contribution in [0, 0.1) is 0 Å². The number of carbonyl (C=O) groups excluding carboxylic acids is 1. The topological polar surface area (TPSA) is 62.5 Å². The van der Waals surface area contributed by atoms with Crippen LogP contribution in [-0.4, -0.2) is 39.3 Å². The quantitative estimate of drug-likeness (QED) is 0.625. The summed E-state index contributed by atoms with van der Waals surface area (Å²) in [5.74, 6) is 0.812. The summed E-state index contributed by atoms with van der Waals surface area (Å²) in [4.78, 5) is 24.8. The SMILES string of the molecule is CN(CC(=O)N(Cc1ccncc1)Cc1ccco1)Cc1cccnc1. The Morgan fingerprint density at radius 2 is 1.81 bits per heavy atom. The zero-order valence-corrected chi connectivity index (χ0v) is 14.8. The van der Waals surface area contributed by atoms with Crippen molar-refractivity contribution in [2.75, 3.05) is 13.6 Å². The van der Waals surface area contributed by atoms with Crippen LogP contribution >= 0.6 is 0 Å². The third-order valence-electron chi connectivity index (χ3n) is 3.98.